The van der Waals surface area contributed by atoms with Crippen LogP contribution in [0.15, 0.2) is 0 Å². The molecule has 18 heavy (non-hydrogen) atoms. The maximum Gasteiger partial charge on any atom is 0.0700 e. The highest BCUT2D eigenvalue weighted by Gasteiger charge is 2.38. The molecule has 2 aliphatic heterocycles. The summed E-state index contributed by atoms with van der Waals surface area (Å²) >= 11 is 0. The third kappa shape index (κ3) is 3.23. The molecule has 0 radical (unpaired) electrons. The lowest BCUT2D eigenvalue weighted by Gasteiger charge is -2.41. The van der Waals surface area contributed by atoms with E-state index in [4.69, 9.17) is 18.9 Å². The molecule has 0 unspecified atom stereocenters. The van der Waals surface area contributed by atoms with Gasteiger partial charge in [-0.2, -0.15) is 0 Å². The van der Waals surface area contributed by atoms with E-state index in [0.29, 0.717) is 13.2 Å². The Morgan fingerprint density at radius 1 is 0.778 bits per heavy atom. The second-order valence-corrected chi connectivity index (χ2v) is 5.80. The van der Waals surface area contributed by atoms with Crippen LogP contribution in [0, 0.1) is 10.8 Å². The molecule has 0 amide bonds. The van der Waals surface area contributed by atoms with Gasteiger partial charge in [0.05, 0.1) is 52.9 Å². The van der Waals surface area contributed by atoms with E-state index in [1.54, 1.807) is 0 Å². The predicted molar refractivity (Wildman–Crippen MR) is 68.7 cm³/mol. The van der Waals surface area contributed by atoms with E-state index in [-0.39, 0.29) is 10.8 Å². The topological polar surface area (TPSA) is 36.9 Å². The van der Waals surface area contributed by atoms with E-state index in [1.807, 2.05) is 0 Å². The van der Waals surface area contributed by atoms with Crippen LogP contribution in [0.1, 0.15) is 26.7 Å². The minimum Gasteiger partial charge on any atom is -0.380 e. The standard InChI is InChI=1S/C14H26O4/c1-3-13(9-17-10-13)7-15-5-6-16-8-14(4-2)11-18-12-14/h3-12H2,1-2H3. The molecule has 0 atom stereocenters. The molecule has 106 valence electrons. The van der Waals surface area contributed by atoms with E-state index in [9.17, 15) is 0 Å². The molecule has 0 aromatic heterocycles. The summed E-state index contributed by atoms with van der Waals surface area (Å²) in [4.78, 5) is 0. The number of hydrogen-bond donors (Lipinski definition) is 0. The zero-order valence-corrected chi connectivity index (χ0v) is 11.7. The number of hydrogen-bond acceptors (Lipinski definition) is 4. The molecule has 0 aromatic carbocycles. The average molecular weight is 258 g/mol. The molecule has 4 nitrogen and oxygen atoms in total. The third-order valence-electron chi connectivity index (χ3n) is 4.32. The molecule has 0 aromatic rings. The Kier molecular flexibility index (Phi) is 5.01. The van der Waals surface area contributed by atoms with Crippen LogP contribution >= 0.6 is 0 Å². The van der Waals surface area contributed by atoms with E-state index < -0.39 is 0 Å². The zero-order valence-electron chi connectivity index (χ0n) is 11.7. The highest BCUT2D eigenvalue weighted by molar-refractivity contribution is 4.84. The summed E-state index contributed by atoms with van der Waals surface area (Å²) in [6.45, 7) is 10.8. The van der Waals surface area contributed by atoms with E-state index in [0.717, 1.165) is 52.5 Å². The van der Waals surface area contributed by atoms with Crippen molar-refractivity contribution in [3.8, 4) is 0 Å². The quantitative estimate of drug-likeness (QED) is 0.592. The van der Waals surface area contributed by atoms with Crippen LogP contribution in [-0.4, -0.2) is 52.9 Å². The van der Waals surface area contributed by atoms with Gasteiger partial charge in [0, 0.05) is 10.8 Å². The molecule has 0 bridgehead atoms. The van der Waals surface area contributed by atoms with Crippen molar-refractivity contribution in [2.75, 3.05) is 52.9 Å². The summed E-state index contributed by atoms with van der Waals surface area (Å²) in [5.41, 5.74) is 0.568. The van der Waals surface area contributed by atoms with E-state index in [2.05, 4.69) is 13.8 Å². The molecule has 0 aliphatic carbocycles. The summed E-state index contributed by atoms with van der Waals surface area (Å²) in [7, 11) is 0. The van der Waals surface area contributed by atoms with Gasteiger partial charge in [-0.3, -0.25) is 0 Å². The van der Waals surface area contributed by atoms with Crippen molar-refractivity contribution in [1.82, 2.24) is 0 Å². The summed E-state index contributed by atoms with van der Waals surface area (Å²) in [5, 5.41) is 0. The number of rotatable bonds is 9. The van der Waals surface area contributed by atoms with Crippen LogP contribution in [0.3, 0.4) is 0 Å². The van der Waals surface area contributed by atoms with Gasteiger partial charge in [-0.1, -0.05) is 13.8 Å². The van der Waals surface area contributed by atoms with Gasteiger partial charge < -0.3 is 18.9 Å². The molecule has 0 saturated carbocycles. The van der Waals surface area contributed by atoms with Crippen LogP contribution in [-0.2, 0) is 18.9 Å². The van der Waals surface area contributed by atoms with Crippen LogP contribution in [0.2, 0.25) is 0 Å². The van der Waals surface area contributed by atoms with Crippen LogP contribution in [0.4, 0.5) is 0 Å². The first-order valence-corrected chi connectivity index (χ1v) is 7.05. The number of ether oxygens (including phenoxy) is 4. The van der Waals surface area contributed by atoms with Gasteiger partial charge in [0.25, 0.3) is 0 Å². The summed E-state index contributed by atoms with van der Waals surface area (Å²) in [6.07, 6.45) is 2.26. The van der Waals surface area contributed by atoms with Gasteiger partial charge >= 0.3 is 0 Å². The lowest BCUT2D eigenvalue weighted by atomic mass is 9.84. The Hall–Kier alpha value is -0.160. The minimum absolute atomic E-state index is 0.284. The Labute approximate surface area is 110 Å². The lowest BCUT2D eigenvalue weighted by molar-refractivity contribution is -0.164. The molecular formula is C14H26O4. The van der Waals surface area contributed by atoms with Crippen LogP contribution in [0.5, 0.6) is 0 Å². The second-order valence-electron chi connectivity index (χ2n) is 5.80. The van der Waals surface area contributed by atoms with Gasteiger partial charge in [0.2, 0.25) is 0 Å². The third-order valence-corrected chi connectivity index (χ3v) is 4.32. The molecule has 2 aliphatic rings. The van der Waals surface area contributed by atoms with Gasteiger partial charge in [0.1, 0.15) is 0 Å². The monoisotopic (exact) mass is 258 g/mol. The van der Waals surface area contributed by atoms with Gasteiger partial charge in [-0.25, -0.2) is 0 Å². The average Bonchev–Trinajstić information content (AvgIpc) is 2.29. The maximum absolute atomic E-state index is 5.70. The molecule has 2 heterocycles. The van der Waals surface area contributed by atoms with E-state index >= 15 is 0 Å². The molecule has 2 rings (SSSR count). The highest BCUT2D eigenvalue weighted by Crippen LogP contribution is 2.32. The van der Waals surface area contributed by atoms with Crippen LogP contribution in [0.25, 0.3) is 0 Å². The van der Waals surface area contributed by atoms with Gasteiger partial charge in [0.15, 0.2) is 0 Å². The fourth-order valence-electron chi connectivity index (χ4n) is 2.26. The first kappa shape index (κ1) is 14.3. The fraction of sp³-hybridized carbons (Fsp3) is 1.00. The molecule has 2 saturated heterocycles. The fourth-order valence-corrected chi connectivity index (χ4v) is 2.26. The smallest absolute Gasteiger partial charge is 0.0700 e. The second kappa shape index (κ2) is 6.33. The van der Waals surface area contributed by atoms with Crippen molar-refractivity contribution >= 4 is 0 Å². The molecule has 4 heteroatoms. The lowest BCUT2D eigenvalue weighted by Crippen LogP contribution is -2.46. The van der Waals surface area contributed by atoms with Crippen molar-refractivity contribution in [3.63, 3.8) is 0 Å². The highest BCUT2D eigenvalue weighted by atomic mass is 16.5. The Balaban J connectivity index is 1.49. The Morgan fingerprint density at radius 3 is 1.39 bits per heavy atom. The normalized spacial score (nSPS) is 24.3. The largest absolute Gasteiger partial charge is 0.380 e. The first-order valence-electron chi connectivity index (χ1n) is 7.05. The van der Waals surface area contributed by atoms with E-state index in [1.165, 1.54) is 0 Å². The summed E-state index contributed by atoms with van der Waals surface area (Å²) < 4.78 is 21.9. The summed E-state index contributed by atoms with van der Waals surface area (Å²) in [6, 6.07) is 0. The Morgan fingerprint density at radius 2 is 1.17 bits per heavy atom. The predicted octanol–water partition coefficient (Wildman–Crippen LogP) is 1.87. The maximum atomic E-state index is 5.70. The molecular weight excluding hydrogens is 232 g/mol. The van der Waals surface area contributed by atoms with Crippen molar-refractivity contribution in [2.24, 2.45) is 10.8 Å². The summed E-state index contributed by atoms with van der Waals surface area (Å²) in [5.74, 6) is 0. The van der Waals surface area contributed by atoms with Crippen molar-refractivity contribution in [1.29, 1.82) is 0 Å². The van der Waals surface area contributed by atoms with Gasteiger partial charge in [-0.05, 0) is 12.8 Å². The first-order chi connectivity index (χ1) is 8.74. The van der Waals surface area contributed by atoms with Crippen molar-refractivity contribution in [2.45, 2.75) is 26.7 Å². The van der Waals surface area contributed by atoms with Crippen LogP contribution < -0.4 is 0 Å². The molecule has 0 N–H and O–H groups in total. The zero-order chi connectivity index (χ0) is 12.9. The van der Waals surface area contributed by atoms with Crippen molar-refractivity contribution < 1.29 is 18.9 Å². The van der Waals surface area contributed by atoms with Gasteiger partial charge in [-0.15, -0.1) is 0 Å². The molecule has 0 spiro atoms. The van der Waals surface area contributed by atoms with Crippen molar-refractivity contribution in [3.05, 3.63) is 0 Å². The minimum atomic E-state index is 0.284. The Bertz CT molecular complexity index is 209. The SMILES string of the molecule is CCC1(COCCOCC2(CC)COC2)COC1. The molecule has 2 fully saturated rings.